The number of rotatable bonds is 6. The number of aliphatic hydroxyl groups is 1. The van der Waals surface area contributed by atoms with Crippen LogP contribution in [0.1, 0.15) is 41.6 Å². The quantitative estimate of drug-likeness (QED) is 0.887. The van der Waals surface area contributed by atoms with Gasteiger partial charge in [-0.3, -0.25) is 0 Å². The van der Waals surface area contributed by atoms with Crippen LogP contribution in [0, 0.1) is 0 Å². The van der Waals surface area contributed by atoms with Gasteiger partial charge in [0.15, 0.2) is 9.84 Å². The Morgan fingerprint density at radius 2 is 1.76 bits per heavy atom. The minimum Gasteiger partial charge on any atom is -0.392 e. The largest absolute Gasteiger partial charge is 0.392 e. The Morgan fingerprint density at radius 1 is 1.14 bits per heavy atom. The zero-order valence-electron chi connectivity index (χ0n) is 12.1. The number of nitrogens with zero attached hydrogens (tertiary/aromatic N) is 1. The number of benzene rings is 1. The average molecular weight is 325 g/mol. The molecule has 0 aliphatic heterocycles. The minimum absolute atomic E-state index is 0.00670. The van der Waals surface area contributed by atoms with Crippen molar-refractivity contribution in [3.05, 3.63) is 51.5 Å². The summed E-state index contributed by atoms with van der Waals surface area (Å²) in [7, 11) is -3.24. The van der Waals surface area contributed by atoms with E-state index in [1.165, 1.54) is 11.3 Å². The highest BCUT2D eigenvalue weighted by Gasteiger charge is 2.16. The monoisotopic (exact) mass is 325 g/mol. The maximum atomic E-state index is 12.2. The highest BCUT2D eigenvalue weighted by molar-refractivity contribution is 7.89. The Morgan fingerprint density at radius 3 is 2.29 bits per heavy atom. The predicted molar refractivity (Wildman–Crippen MR) is 84.9 cm³/mol. The first-order chi connectivity index (χ1) is 9.89. The van der Waals surface area contributed by atoms with Crippen molar-refractivity contribution in [1.82, 2.24) is 4.98 Å². The SMILES string of the molecule is CC(C)c1nc(CS(=O)(=O)Cc2ccc(CO)cc2)cs1. The van der Waals surface area contributed by atoms with Crippen LogP contribution >= 0.6 is 11.3 Å². The second-order valence-corrected chi connectivity index (χ2v) is 8.29. The number of aliphatic hydroxyl groups excluding tert-OH is 1. The predicted octanol–water partition coefficient (Wildman–Crippen LogP) is 2.87. The van der Waals surface area contributed by atoms with E-state index in [0.717, 1.165) is 16.1 Å². The molecule has 0 amide bonds. The normalized spacial score (nSPS) is 12.0. The fraction of sp³-hybridized carbons (Fsp3) is 0.400. The van der Waals surface area contributed by atoms with Crippen molar-refractivity contribution in [3.63, 3.8) is 0 Å². The van der Waals surface area contributed by atoms with Gasteiger partial charge in [-0.2, -0.15) is 0 Å². The molecule has 0 aliphatic rings. The van der Waals surface area contributed by atoms with Gasteiger partial charge in [0.1, 0.15) is 0 Å². The number of thiazole rings is 1. The Balaban J connectivity index is 2.06. The molecule has 0 radical (unpaired) electrons. The highest BCUT2D eigenvalue weighted by atomic mass is 32.2. The zero-order chi connectivity index (χ0) is 15.5. The van der Waals surface area contributed by atoms with E-state index in [4.69, 9.17) is 5.11 Å². The van der Waals surface area contributed by atoms with E-state index in [1.54, 1.807) is 24.3 Å². The standard InChI is InChI=1S/C15H19NO3S2/c1-11(2)15-16-14(8-20-15)10-21(18,19)9-13-5-3-12(7-17)4-6-13/h3-6,8,11,17H,7,9-10H2,1-2H3. The van der Waals surface area contributed by atoms with Gasteiger partial charge in [0.05, 0.1) is 28.8 Å². The van der Waals surface area contributed by atoms with Gasteiger partial charge in [0, 0.05) is 11.3 Å². The maximum Gasteiger partial charge on any atom is 0.160 e. The summed E-state index contributed by atoms with van der Waals surface area (Å²) in [6, 6.07) is 6.96. The molecule has 0 saturated heterocycles. The molecule has 1 aromatic heterocycles. The van der Waals surface area contributed by atoms with Gasteiger partial charge in [0.2, 0.25) is 0 Å². The van der Waals surface area contributed by atoms with Gasteiger partial charge < -0.3 is 5.11 Å². The fourth-order valence-electron chi connectivity index (χ4n) is 1.93. The lowest BCUT2D eigenvalue weighted by molar-refractivity contribution is 0.282. The topological polar surface area (TPSA) is 67.3 Å². The summed E-state index contributed by atoms with van der Waals surface area (Å²) in [5.41, 5.74) is 2.12. The number of aromatic nitrogens is 1. The molecule has 0 spiro atoms. The van der Waals surface area contributed by atoms with E-state index in [1.807, 2.05) is 19.2 Å². The molecule has 6 heteroatoms. The van der Waals surface area contributed by atoms with Crippen LogP contribution in [0.4, 0.5) is 0 Å². The lowest BCUT2D eigenvalue weighted by atomic mass is 10.2. The second-order valence-electron chi connectivity index (χ2n) is 5.34. The first-order valence-electron chi connectivity index (χ1n) is 6.73. The fourth-order valence-corrected chi connectivity index (χ4v) is 4.27. The van der Waals surface area contributed by atoms with E-state index >= 15 is 0 Å². The molecule has 2 aromatic rings. The van der Waals surface area contributed by atoms with Gasteiger partial charge in [0.25, 0.3) is 0 Å². The lowest BCUT2D eigenvalue weighted by Gasteiger charge is -2.04. The molecule has 1 aromatic carbocycles. The molecule has 0 saturated carbocycles. The van der Waals surface area contributed by atoms with Gasteiger partial charge in [-0.15, -0.1) is 11.3 Å². The average Bonchev–Trinajstić information content (AvgIpc) is 2.87. The van der Waals surface area contributed by atoms with Crippen molar-refractivity contribution in [3.8, 4) is 0 Å². The van der Waals surface area contributed by atoms with E-state index in [0.29, 0.717) is 11.6 Å². The summed E-state index contributed by atoms with van der Waals surface area (Å²) >= 11 is 1.51. The van der Waals surface area contributed by atoms with Gasteiger partial charge in [-0.05, 0) is 11.1 Å². The third-order valence-electron chi connectivity index (χ3n) is 3.02. The Hall–Kier alpha value is -1.24. The Bertz CT molecular complexity index is 688. The molecule has 0 bridgehead atoms. The molecule has 114 valence electrons. The van der Waals surface area contributed by atoms with E-state index in [2.05, 4.69) is 4.98 Å². The van der Waals surface area contributed by atoms with Crippen LogP contribution < -0.4 is 0 Å². The Kier molecular flexibility index (Phi) is 5.13. The van der Waals surface area contributed by atoms with Crippen LogP contribution in [-0.4, -0.2) is 18.5 Å². The molecule has 21 heavy (non-hydrogen) atoms. The van der Waals surface area contributed by atoms with Crippen molar-refractivity contribution < 1.29 is 13.5 Å². The van der Waals surface area contributed by atoms with Gasteiger partial charge >= 0.3 is 0 Å². The summed E-state index contributed by atoms with van der Waals surface area (Å²) in [6.45, 7) is 4.05. The van der Waals surface area contributed by atoms with Gasteiger partial charge in [-0.25, -0.2) is 13.4 Å². The minimum atomic E-state index is -3.24. The summed E-state index contributed by atoms with van der Waals surface area (Å²) < 4.78 is 24.4. The first-order valence-corrected chi connectivity index (χ1v) is 9.43. The lowest BCUT2D eigenvalue weighted by Crippen LogP contribution is -2.08. The second kappa shape index (κ2) is 6.68. The van der Waals surface area contributed by atoms with Crippen molar-refractivity contribution >= 4 is 21.2 Å². The summed E-state index contributed by atoms with van der Waals surface area (Å²) in [6.07, 6.45) is 0. The first kappa shape index (κ1) is 16.1. The third-order valence-corrected chi connectivity index (χ3v) is 5.73. The van der Waals surface area contributed by atoms with Crippen LogP contribution in [-0.2, 0) is 27.9 Å². The van der Waals surface area contributed by atoms with E-state index < -0.39 is 9.84 Å². The summed E-state index contributed by atoms with van der Waals surface area (Å²) in [5, 5.41) is 11.8. The number of hydrogen-bond donors (Lipinski definition) is 1. The molecular weight excluding hydrogens is 306 g/mol. The summed E-state index contributed by atoms with van der Waals surface area (Å²) in [5.74, 6) is 0.281. The molecule has 0 unspecified atom stereocenters. The number of sulfone groups is 1. The molecule has 0 aliphatic carbocycles. The van der Waals surface area contributed by atoms with Gasteiger partial charge in [-0.1, -0.05) is 38.1 Å². The van der Waals surface area contributed by atoms with Crippen LogP contribution in [0.3, 0.4) is 0 Å². The van der Waals surface area contributed by atoms with E-state index in [-0.39, 0.29) is 18.1 Å². The van der Waals surface area contributed by atoms with Crippen LogP contribution in [0.5, 0.6) is 0 Å². The third kappa shape index (κ3) is 4.62. The van der Waals surface area contributed by atoms with Crippen molar-refractivity contribution in [2.75, 3.05) is 0 Å². The van der Waals surface area contributed by atoms with E-state index in [9.17, 15) is 8.42 Å². The molecular formula is C15H19NO3S2. The van der Waals surface area contributed by atoms with Crippen molar-refractivity contribution in [2.45, 2.75) is 37.9 Å². The highest BCUT2D eigenvalue weighted by Crippen LogP contribution is 2.21. The molecule has 1 heterocycles. The number of hydrogen-bond acceptors (Lipinski definition) is 5. The van der Waals surface area contributed by atoms with Crippen molar-refractivity contribution in [1.29, 1.82) is 0 Å². The Labute approximate surface area is 129 Å². The van der Waals surface area contributed by atoms with Crippen molar-refractivity contribution in [2.24, 2.45) is 0 Å². The smallest absolute Gasteiger partial charge is 0.160 e. The molecule has 0 fully saturated rings. The maximum absolute atomic E-state index is 12.2. The molecule has 4 nitrogen and oxygen atoms in total. The molecule has 1 N–H and O–H groups in total. The summed E-state index contributed by atoms with van der Waals surface area (Å²) in [4.78, 5) is 4.37. The molecule has 0 atom stereocenters. The van der Waals surface area contributed by atoms with Crippen LogP contribution in [0.15, 0.2) is 29.6 Å². The zero-order valence-corrected chi connectivity index (χ0v) is 13.7. The molecule has 2 rings (SSSR count). The van der Waals surface area contributed by atoms with Crippen LogP contribution in [0.2, 0.25) is 0 Å². The van der Waals surface area contributed by atoms with Crippen LogP contribution in [0.25, 0.3) is 0 Å².